The van der Waals surface area contributed by atoms with E-state index in [-0.39, 0.29) is 0 Å². The monoisotopic (exact) mass is 261 g/mol. The Balaban J connectivity index is 1.79. The summed E-state index contributed by atoms with van der Waals surface area (Å²) < 4.78 is 2.27. The van der Waals surface area contributed by atoms with Crippen molar-refractivity contribution in [2.24, 2.45) is 0 Å². The lowest BCUT2D eigenvalue weighted by Gasteiger charge is -2.16. The molecular formula is C14H19N3S. The van der Waals surface area contributed by atoms with Gasteiger partial charge in [0.1, 0.15) is 0 Å². The molecule has 2 heterocycles. The Hall–Kier alpha value is -1.29. The van der Waals surface area contributed by atoms with Crippen molar-refractivity contribution >= 4 is 17.3 Å². The van der Waals surface area contributed by atoms with E-state index >= 15 is 0 Å². The van der Waals surface area contributed by atoms with Crippen LogP contribution in [0.5, 0.6) is 0 Å². The van der Waals surface area contributed by atoms with Gasteiger partial charge in [0.15, 0.2) is 0 Å². The number of nitrogens with one attached hydrogen (secondary N) is 1. The van der Waals surface area contributed by atoms with Gasteiger partial charge in [-0.15, -0.1) is 11.3 Å². The zero-order valence-corrected chi connectivity index (χ0v) is 11.9. The van der Waals surface area contributed by atoms with E-state index in [2.05, 4.69) is 47.9 Å². The van der Waals surface area contributed by atoms with Gasteiger partial charge in [0.25, 0.3) is 0 Å². The van der Waals surface area contributed by atoms with E-state index in [4.69, 9.17) is 0 Å². The van der Waals surface area contributed by atoms with Crippen molar-refractivity contribution in [2.75, 3.05) is 5.32 Å². The number of imidazole rings is 1. The summed E-state index contributed by atoms with van der Waals surface area (Å²) in [5, 5.41) is 3.54. The molecule has 1 aliphatic rings. The summed E-state index contributed by atoms with van der Waals surface area (Å²) in [5.74, 6) is 1.01. The van der Waals surface area contributed by atoms with E-state index in [0.29, 0.717) is 12.1 Å². The zero-order valence-electron chi connectivity index (χ0n) is 11.1. The molecule has 1 atom stereocenters. The molecule has 1 fully saturated rings. The zero-order chi connectivity index (χ0) is 12.7. The average molecular weight is 261 g/mol. The van der Waals surface area contributed by atoms with Crippen molar-refractivity contribution in [3.05, 3.63) is 33.8 Å². The first kappa shape index (κ1) is 11.8. The predicted molar refractivity (Wildman–Crippen MR) is 76.3 cm³/mol. The fourth-order valence-corrected chi connectivity index (χ4v) is 3.45. The first-order valence-corrected chi connectivity index (χ1v) is 7.33. The van der Waals surface area contributed by atoms with Crippen LogP contribution in [0, 0.1) is 13.8 Å². The van der Waals surface area contributed by atoms with E-state index in [1.165, 1.54) is 28.2 Å². The van der Waals surface area contributed by atoms with Crippen LogP contribution < -0.4 is 5.32 Å². The molecule has 2 aromatic heterocycles. The second-order valence-electron chi connectivity index (χ2n) is 5.12. The molecule has 0 aromatic carbocycles. The molecule has 0 amide bonds. The van der Waals surface area contributed by atoms with Crippen LogP contribution in [0.3, 0.4) is 0 Å². The Morgan fingerprint density at radius 3 is 2.83 bits per heavy atom. The molecule has 0 radical (unpaired) electrons. The van der Waals surface area contributed by atoms with Crippen molar-refractivity contribution < 1.29 is 0 Å². The summed E-state index contributed by atoms with van der Waals surface area (Å²) >= 11 is 1.87. The SMILES string of the molecule is Cc1cc(C(C)Nc2nccn2C2CC2)c(C)s1. The molecule has 0 bridgehead atoms. The number of nitrogens with zero attached hydrogens (tertiary/aromatic N) is 2. The largest absolute Gasteiger partial charge is 0.349 e. The van der Waals surface area contributed by atoms with Gasteiger partial charge in [-0.1, -0.05) is 0 Å². The second kappa shape index (κ2) is 4.43. The fourth-order valence-electron chi connectivity index (χ4n) is 2.42. The molecule has 1 aliphatic carbocycles. The van der Waals surface area contributed by atoms with Crippen molar-refractivity contribution in [3.8, 4) is 0 Å². The number of hydrogen-bond acceptors (Lipinski definition) is 3. The van der Waals surface area contributed by atoms with Gasteiger partial charge >= 0.3 is 0 Å². The van der Waals surface area contributed by atoms with Crippen LogP contribution in [0.15, 0.2) is 18.5 Å². The van der Waals surface area contributed by atoms with E-state index < -0.39 is 0 Å². The van der Waals surface area contributed by atoms with Crippen LogP contribution in [0.25, 0.3) is 0 Å². The topological polar surface area (TPSA) is 29.9 Å². The van der Waals surface area contributed by atoms with E-state index in [0.717, 1.165) is 5.95 Å². The van der Waals surface area contributed by atoms with Gasteiger partial charge in [-0.25, -0.2) is 4.98 Å². The van der Waals surface area contributed by atoms with Crippen LogP contribution in [0.1, 0.15) is 47.2 Å². The molecule has 1 unspecified atom stereocenters. The third-order valence-corrected chi connectivity index (χ3v) is 4.48. The van der Waals surface area contributed by atoms with Crippen molar-refractivity contribution in [3.63, 3.8) is 0 Å². The van der Waals surface area contributed by atoms with Gasteiger partial charge < -0.3 is 9.88 Å². The minimum atomic E-state index is 0.315. The van der Waals surface area contributed by atoms with Gasteiger partial charge in [-0.2, -0.15) is 0 Å². The summed E-state index contributed by atoms with van der Waals surface area (Å²) in [6.45, 7) is 6.57. The highest BCUT2D eigenvalue weighted by Gasteiger charge is 2.26. The quantitative estimate of drug-likeness (QED) is 0.899. The highest BCUT2D eigenvalue weighted by Crippen LogP contribution is 2.37. The molecule has 0 aliphatic heterocycles. The maximum atomic E-state index is 4.43. The Labute approximate surface area is 112 Å². The highest BCUT2D eigenvalue weighted by molar-refractivity contribution is 7.12. The Morgan fingerprint density at radius 2 is 2.22 bits per heavy atom. The summed E-state index contributed by atoms with van der Waals surface area (Å²) in [5.41, 5.74) is 1.39. The minimum Gasteiger partial charge on any atom is -0.349 e. The van der Waals surface area contributed by atoms with Crippen LogP contribution in [-0.2, 0) is 0 Å². The van der Waals surface area contributed by atoms with Crippen molar-refractivity contribution in [1.82, 2.24) is 9.55 Å². The number of anilines is 1. The lowest BCUT2D eigenvalue weighted by atomic mass is 10.1. The lowest BCUT2D eigenvalue weighted by molar-refractivity contribution is 0.727. The maximum absolute atomic E-state index is 4.43. The standard InChI is InChI=1S/C14H19N3S/c1-9-8-13(11(3)18-9)10(2)16-14-15-6-7-17(14)12-4-5-12/h6-8,10,12H,4-5H2,1-3H3,(H,15,16). The van der Waals surface area contributed by atoms with E-state index in [9.17, 15) is 0 Å². The predicted octanol–water partition coefficient (Wildman–Crippen LogP) is 4.07. The second-order valence-corrected chi connectivity index (χ2v) is 6.58. The summed E-state index contributed by atoms with van der Waals surface area (Å²) in [7, 11) is 0. The van der Waals surface area contributed by atoms with Gasteiger partial charge in [-0.3, -0.25) is 0 Å². The van der Waals surface area contributed by atoms with E-state index in [1.807, 2.05) is 17.5 Å². The van der Waals surface area contributed by atoms with Crippen LogP contribution in [0.2, 0.25) is 0 Å². The third-order valence-electron chi connectivity index (χ3n) is 3.50. The highest BCUT2D eigenvalue weighted by atomic mass is 32.1. The Bertz CT molecular complexity index is 551. The molecular weight excluding hydrogens is 242 g/mol. The molecule has 0 saturated heterocycles. The fraction of sp³-hybridized carbons (Fsp3) is 0.500. The molecule has 4 heteroatoms. The molecule has 3 rings (SSSR count). The third kappa shape index (κ3) is 2.17. The summed E-state index contributed by atoms with van der Waals surface area (Å²) in [4.78, 5) is 7.21. The molecule has 2 aromatic rings. The number of thiophene rings is 1. The van der Waals surface area contributed by atoms with Gasteiger partial charge in [0.05, 0.1) is 6.04 Å². The summed E-state index contributed by atoms with van der Waals surface area (Å²) in [6, 6.07) is 3.27. The summed E-state index contributed by atoms with van der Waals surface area (Å²) in [6.07, 6.45) is 6.55. The molecule has 1 saturated carbocycles. The minimum absolute atomic E-state index is 0.315. The average Bonchev–Trinajstić information content (AvgIpc) is 2.97. The van der Waals surface area contributed by atoms with Crippen LogP contribution in [0.4, 0.5) is 5.95 Å². The van der Waals surface area contributed by atoms with Crippen molar-refractivity contribution in [1.29, 1.82) is 0 Å². The Morgan fingerprint density at radius 1 is 1.44 bits per heavy atom. The number of aromatic nitrogens is 2. The van der Waals surface area contributed by atoms with Crippen LogP contribution >= 0.6 is 11.3 Å². The molecule has 18 heavy (non-hydrogen) atoms. The molecule has 3 nitrogen and oxygen atoms in total. The Kier molecular flexibility index (Phi) is 2.90. The lowest BCUT2D eigenvalue weighted by Crippen LogP contribution is -2.11. The van der Waals surface area contributed by atoms with Gasteiger partial charge in [0, 0.05) is 28.2 Å². The first-order valence-electron chi connectivity index (χ1n) is 6.51. The number of hydrogen-bond donors (Lipinski definition) is 1. The smallest absolute Gasteiger partial charge is 0.203 e. The van der Waals surface area contributed by atoms with Crippen LogP contribution in [-0.4, -0.2) is 9.55 Å². The normalized spacial score (nSPS) is 16.8. The van der Waals surface area contributed by atoms with Crippen molar-refractivity contribution in [2.45, 2.75) is 45.7 Å². The molecule has 1 N–H and O–H groups in total. The molecule has 96 valence electrons. The van der Waals surface area contributed by atoms with E-state index in [1.54, 1.807) is 0 Å². The number of rotatable bonds is 4. The maximum Gasteiger partial charge on any atom is 0.203 e. The van der Waals surface area contributed by atoms with Gasteiger partial charge in [-0.05, 0) is 45.2 Å². The number of aryl methyl sites for hydroxylation is 2. The van der Waals surface area contributed by atoms with Gasteiger partial charge in [0.2, 0.25) is 5.95 Å². The molecule has 0 spiro atoms. The first-order chi connectivity index (χ1) is 8.65.